The van der Waals surface area contributed by atoms with Crippen molar-refractivity contribution in [1.29, 1.82) is 0 Å². The van der Waals surface area contributed by atoms with Crippen LogP contribution in [0.25, 0.3) is 0 Å². The van der Waals surface area contributed by atoms with E-state index in [9.17, 15) is 9.90 Å². The first-order valence-electron chi connectivity index (χ1n) is 6.47. The van der Waals surface area contributed by atoms with E-state index in [-0.39, 0.29) is 11.8 Å². The Morgan fingerprint density at radius 1 is 1.22 bits per heavy atom. The van der Waals surface area contributed by atoms with E-state index in [1.807, 2.05) is 44.2 Å². The normalized spacial score (nSPS) is 27.9. The van der Waals surface area contributed by atoms with Crippen LogP contribution in [0.2, 0.25) is 0 Å². The van der Waals surface area contributed by atoms with Gasteiger partial charge in [0, 0.05) is 13.1 Å². The van der Waals surface area contributed by atoms with Crippen molar-refractivity contribution in [2.24, 2.45) is 11.8 Å². The second-order valence-corrected chi connectivity index (χ2v) is 5.56. The van der Waals surface area contributed by atoms with Gasteiger partial charge in [-0.05, 0) is 24.4 Å². The van der Waals surface area contributed by atoms with Crippen LogP contribution in [0.3, 0.4) is 0 Å². The van der Waals surface area contributed by atoms with Gasteiger partial charge in [0.2, 0.25) is 0 Å². The summed E-state index contributed by atoms with van der Waals surface area (Å²) < 4.78 is 0. The number of hydrogen-bond donors (Lipinski definition) is 1. The fraction of sp³-hybridized carbons (Fsp3) is 0.533. The summed E-state index contributed by atoms with van der Waals surface area (Å²) in [5, 5.41) is 9.85. The second kappa shape index (κ2) is 4.73. The van der Waals surface area contributed by atoms with E-state index in [2.05, 4.69) is 11.9 Å². The summed E-state index contributed by atoms with van der Waals surface area (Å²) in [6.45, 7) is 5.75. The molecule has 0 radical (unpaired) electrons. The number of aliphatic carboxylic acids is 1. The number of benzene rings is 1. The van der Waals surface area contributed by atoms with E-state index in [4.69, 9.17) is 0 Å². The Morgan fingerprint density at radius 3 is 2.17 bits per heavy atom. The maximum Gasteiger partial charge on any atom is 0.314 e. The number of nitrogens with zero attached hydrogens (tertiary/aromatic N) is 1. The van der Waals surface area contributed by atoms with Crippen molar-refractivity contribution >= 4 is 5.97 Å². The maximum absolute atomic E-state index is 12.0. The zero-order valence-electron chi connectivity index (χ0n) is 11.3. The van der Waals surface area contributed by atoms with Gasteiger partial charge in [-0.2, -0.15) is 0 Å². The SMILES string of the molecule is C[C@H]1CN(C)C[C@H](C)C1(C(=O)O)c1ccccc1. The lowest BCUT2D eigenvalue weighted by Gasteiger charge is -2.47. The highest BCUT2D eigenvalue weighted by atomic mass is 16.4. The number of carboxylic acids is 1. The summed E-state index contributed by atoms with van der Waals surface area (Å²) >= 11 is 0. The van der Waals surface area contributed by atoms with Crippen LogP contribution in [0, 0.1) is 11.8 Å². The molecule has 0 aromatic heterocycles. The molecule has 18 heavy (non-hydrogen) atoms. The smallest absolute Gasteiger partial charge is 0.314 e. The number of piperidine rings is 1. The summed E-state index contributed by atoms with van der Waals surface area (Å²) in [6, 6.07) is 9.69. The number of likely N-dealkylation sites (tertiary alicyclic amines) is 1. The molecule has 2 atom stereocenters. The molecule has 0 unspecified atom stereocenters. The minimum Gasteiger partial charge on any atom is -0.481 e. The van der Waals surface area contributed by atoms with E-state index in [0.717, 1.165) is 18.7 Å². The Kier molecular flexibility index (Phi) is 3.44. The van der Waals surface area contributed by atoms with Crippen molar-refractivity contribution in [3.05, 3.63) is 35.9 Å². The largest absolute Gasteiger partial charge is 0.481 e. The molecule has 1 aliphatic heterocycles. The quantitative estimate of drug-likeness (QED) is 0.871. The average Bonchev–Trinajstić information content (AvgIpc) is 2.29. The van der Waals surface area contributed by atoms with Crippen LogP contribution in [0.15, 0.2) is 30.3 Å². The monoisotopic (exact) mass is 247 g/mol. The standard InChI is InChI=1S/C15H21NO2/c1-11-9-16(3)10-12(2)15(11,14(17)18)13-7-5-4-6-8-13/h4-8,11-12H,9-10H2,1-3H3,(H,17,18)/t11-,12-/m0/s1. The highest BCUT2D eigenvalue weighted by Gasteiger charge is 2.52. The molecular formula is C15H21NO2. The van der Waals surface area contributed by atoms with Crippen molar-refractivity contribution in [1.82, 2.24) is 4.90 Å². The van der Waals surface area contributed by atoms with E-state index >= 15 is 0 Å². The first-order chi connectivity index (χ1) is 8.49. The van der Waals surface area contributed by atoms with Gasteiger partial charge >= 0.3 is 5.97 Å². The van der Waals surface area contributed by atoms with Crippen LogP contribution in [0.4, 0.5) is 0 Å². The molecule has 0 aliphatic carbocycles. The van der Waals surface area contributed by atoms with Crippen LogP contribution in [0.5, 0.6) is 0 Å². The molecule has 1 heterocycles. The molecule has 1 fully saturated rings. The molecule has 98 valence electrons. The molecule has 2 rings (SSSR count). The van der Waals surface area contributed by atoms with E-state index in [1.165, 1.54) is 0 Å². The molecule has 1 saturated heterocycles. The van der Waals surface area contributed by atoms with Gasteiger partial charge in [0.1, 0.15) is 5.41 Å². The highest BCUT2D eigenvalue weighted by molar-refractivity contribution is 5.82. The van der Waals surface area contributed by atoms with Crippen LogP contribution in [-0.2, 0) is 10.2 Å². The van der Waals surface area contributed by atoms with Gasteiger partial charge < -0.3 is 10.0 Å². The van der Waals surface area contributed by atoms with Crippen molar-refractivity contribution in [2.45, 2.75) is 19.3 Å². The first-order valence-corrected chi connectivity index (χ1v) is 6.47. The Balaban J connectivity index is 2.53. The zero-order valence-corrected chi connectivity index (χ0v) is 11.3. The Labute approximate surface area is 108 Å². The minimum atomic E-state index is -0.756. The summed E-state index contributed by atoms with van der Waals surface area (Å²) in [5.41, 5.74) is 0.180. The van der Waals surface area contributed by atoms with Crippen molar-refractivity contribution in [2.75, 3.05) is 20.1 Å². The summed E-state index contributed by atoms with van der Waals surface area (Å²) in [7, 11) is 2.06. The third-order valence-corrected chi connectivity index (χ3v) is 4.33. The van der Waals surface area contributed by atoms with Gasteiger partial charge in [-0.3, -0.25) is 4.79 Å². The second-order valence-electron chi connectivity index (χ2n) is 5.56. The van der Waals surface area contributed by atoms with Crippen molar-refractivity contribution < 1.29 is 9.90 Å². The third-order valence-electron chi connectivity index (χ3n) is 4.33. The van der Waals surface area contributed by atoms with Crippen LogP contribution in [0.1, 0.15) is 19.4 Å². The van der Waals surface area contributed by atoms with Crippen molar-refractivity contribution in [3.63, 3.8) is 0 Å². The Bertz CT molecular complexity index is 417. The van der Waals surface area contributed by atoms with Gasteiger partial charge in [-0.25, -0.2) is 0 Å². The third kappa shape index (κ3) is 1.83. The molecule has 3 heteroatoms. The predicted octanol–water partition coefficient (Wildman–Crippen LogP) is 2.23. The number of carbonyl (C=O) groups is 1. The Morgan fingerprint density at radius 2 is 1.72 bits per heavy atom. The topological polar surface area (TPSA) is 40.5 Å². The zero-order chi connectivity index (χ0) is 13.3. The molecule has 1 N–H and O–H groups in total. The molecule has 0 saturated carbocycles. The van der Waals surface area contributed by atoms with Gasteiger partial charge in [-0.1, -0.05) is 44.2 Å². The fourth-order valence-electron chi connectivity index (χ4n) is 3.61. The van der Waals surface area contributed by atoms with E-state index in [1.54, 1.807) is 0 Å². The van der Waals surface area contributed by atoms with Gasteiger partial charge in [-0.15, -0.1) is 0 Å². The summed E-state index contributed by atoms with van der Waals surface area (Å²) in [5.74, 6) is -0.487. The van der Waals surface area contributed by atoms with Crippen molar-refractivity contribution in [3.8, 4) is 0 Å². The molecule has 1 aromatic rings. The molecule has 0 bridgehead atoms. The molecule has 1 aromatic carbocycles. The van der Waals surface area contributed by atoms with E-state index in [0.29, 0.717) is 0 Å². The minimum absolute atomic E-state index is 0.103. The van der Waals surface area contributed by atoms with Crippen LogP contribution < -0.4 is 0 Å². The molecule has 0 spiro atoms. The summed E-state index contributed by atoms with van der Waals surface area (Å²) in [6.07, 6.45) is 0. The number of hydrogen-bond acceptors (Lipinski definition) is 2. The first kappa shape index (κ1) is 13.1. The van der Waals surface area contributed by atoms with Crippen LogP contribution >= 0.6 is 0 Å². The van der Waals surface area contributed by atoms with Gasteiger partial charge in [0.25, 0.3) is 0 Å². The lowest BCUT2D eigenvalue weighted by molar-refractivity contribution is -0.151. The average molecular weight is 247 g/mol. The van der Waals surface area contributed by atoms with Gasteiger partial charge in [0.15, 0.2) is 0 Å². The highest BCUT2D eigenvalue weighted by Crippen LogP contribution is 2.43. The molecule has 3 nitrogen and oxygen atoms in total. The molecule has 0 amide bonds. The van der Waals surface area contributed by atoms with E-state index < -0.39 is 11.4 Å². The Hall–Kier alpha value is -1.35. The predicted molar refractivity (Wildman–Crippen MR) is 71.6 cm³/mol. The molecular weight excluding hydrogens is 226 g/mol. The summed E-state index contributed by atoms with van der Waals surface area (Å²) in [4.78, 5) is 14.2. The maximum atomic E-state index is 12.0. The van der Waals surface area contributed by atoms with Gasteiger partial charge in [0.05, 0.1) is 0 Å². The fourth-order valence-corrected chi connectivity index (χ4v) is 3.61. The molecule has 1 aliphatic rings. The van der Waals surface area contributed by atoms with Crippen LogP contribution in [-0.4, -0.2) is 36.1 Å². The lowest BCUT2D eigenvalue weighted by Crippen LogP contribution is -2.57. The number of rotatable bonds is 2. The number of carboxylic acid groups (broad SMARTS) is 1. The lowest BCUT2D eigenvalue weighted by atomic mass is 9.61.